The summed E-state index contributed by atoms with van der Waals surface area (Å²) in [6.45, 7) is 0. The van der Waals surface area contributed by atoms with E-state index >= 15 is 0 Å². The Balaban J connectivity index is 2.04. The Kier molecular flexibility index (Phi) is 4.51. The molecule has 24 heavy (non-hydrogen) atoms. The Morgan fingerprint density at radius 1 is 0.875 bits per heavy atom. The van der Waals surface area contributed by atoms with Gasteiger partial charge in [-0.1, -0.05) is 12.1 Å². The van der Waals surface area contributed by atoms with E-state index in [1.807, 2.05) is 0 Å². The van der Waals surface area contributed by atoms with Gasteiger partial charge in [0.05, 0.1) is 21.3 Å². The van der Waals surface area contributed by atoms with Crippen LogP contribution < -0.4 is 18.9 Å². The molecule has 2 N–H and O–H groups in total. The van der Waals surface area contributed by atoms with E-state index in [2.05, 4.69) is 0 Å². The van der Waals surface area contributed by atoms with E-state index in [0.717, 1.165) is 5.56 Å². The van der Waals surface area contributed by atoms with Gasteiger partial charge in [0.2, 0.25) is 5.75 Å². The molecule has 0 radical (unpaired) electrons. The second-order valence-corrected chi connectivity index (χ2v) is 5.47. The molecule has 1 aliphatic heterocycles. The van der Waals surface area contributed by atoms with Crippen LogP contribution in [0, 0.1) is 0 Å². The van der Waals surface area contributed by atoms with E-state index in [4.69, 9.17) is 18.9 Å². The van der Waals surface area contributed by atoms with Gasteiger partial charge in [-0.15, -0.1) is 0 Å². The van der Waals surface area contributed by atoms with Gasteiger partial charge in [0.15, 0.2) is 17.6 Å². The minimum atomic E-state index is -1.11. The predicted octanol–water partition coefficient (Wildman–Crippen LogP) is 2.24. The van der Waals surface area contributed by atoms with Crippen molar-refractivity contribution in [1.82, 2.24) is 0 Å². The molecule has 0 saturated carbocycles. The van der Waals surface area contributed by atoms with Gasteiger partial charge in [-0.2, -0.15) is 0 Å². The average molecular weight is 332 g/mol. The molecule has 0 bridgehead atoms. The van der Waals surface area contributed by atoms with Crippen molar-refractivity contribution in [1.29, 1.82) is 0 Å². The summed E-state index contributed by atoms with van der Waals surface area (Å²) in [5.41, 5.74) is 1.18. The van der Waals surface area contributed by atoms with Gasteiger partial charge in [0.25, 0.3) is 0 Å². The molecule has 0 unspecified atom stereocenters. The van der Waals surface area contributed by atoms with Crippen LogP contribution in [0.4, 0.5) is 0 Å². The molecule has 3 rings (SSSR count). The fraction of sp³-hybridized carbons (Fsp3) is 0.333. The summed E-state index contributed by atoms with van der Waals surface area (Å²) < 4.78 is 21.8. The van der Waals surface area contributed by atoms with Gasteiger partial charge in [-0.05, 0) is 29.8 Å². The Morgan fingerprint density at radius 2 is 1.58 bits per heavy atom. The lowest BCUT2D eigenvalue weighted by molar-refractivity contribution is -0.0710. The number of aliphatic hydroxyl groups excluding tert-OH is 2. The van der Waals surface area contributed by atoms with Crippen LogP contribution in [0.1, 0.15) is 23.3 Å². The maximum Gasteiger partial charge on any atom is 0.203 e. The fourth-order valence-electron chi connectivity index (χ4n) is 2.87. The van der Waals surface area contributed by atoms with Crippen molar-refractivity contribution in [2.75, 3.05) is 21.3 Å². The number of aliphatic hydroxyl groups is 2. The standard InChI is InChI=1S/C18H20O6/c1-21-11-6-4-10(5-7-11)16-15(20)14(19)12-8-9-13(22-2)18(23-3)17(12)24-16/h4-9,14-16,19-20H,1-3H3/t14-,15+,16-/m1/s1. The third kappa shape index (κ3) is 2.64. The van der Waals surface area contributed by atoms with Crippen LogP contribution in [0.3, 0.4) is 0 Å². The highest BCUT2D eigenvalue weighted by molar-refractivity contribution is 5.58. The molecule has 2 aromatic rings. The van der Waals surface area contributed by atoms with Crippen molar-refractivity contribution in [3.8, 4) is 23.0 Å². The lowest BCUT2D eigenvalue weighted by Crippen LogP contribution is -2.34. The highest BCUT2D eigenvalue weighted by atomic mass is 16.5. The van der Waals surface area contributed by atoms with Gasteiger partial charge in [-0.25, -0.2) is 0 Å². The topological polar surface area (TPSA) is 77.4 Å². The van der Waals surface area contributed by atoms with Crippen LogP contribution in [0.25, 0.3) is 0 Å². The monoisotopic (exact) mass is 332 g/mol. The number of hydrogen-bond acceptors (Lipinski definition) is 6. The molecule has 1 heterocycles. The second-order valence-electron chi connectivity index (χ2n) is 5.47. The summed E-state index contributed by atoms with van der Waals surface area (Å²) >= 11 is 0. The number of fused-ring (bicyclic) bond motifs is 1. The first-order valence-electron chi connectivity index (χ1n) is 7.52. The Bertz CT molecular complexity index is 712. The van der Waals surface area contributed by atoms with Crippen molar-refractivity contribution in [3.05, 3.63) is 47.5 Å². The molecule has 3 atom stereocenters. The molecule has 0 fully saturated rings. The van der Waals surface area contributed by atoms with Gasteiger partial charge in [-0.3, -0.25) is 0 Å². The Morgan fingerprint density at radius 3 is 2.17 bits per heavy atom. The number of hydrogen-bond donors (Lipinski definition) is 2. The molecule has 0 amide bonds. The predicted molar refractivity (Wildman–Crippen MR) is 86.9 cm³/mol. The Labute approximate surface area is 140 Å². The molecular weight excluding hydrogens is 312 g/mol. The van der Waals surface area contributed by atoms with E-state index in [-0.39, 0.29) is 0 Å². The highest BCUT2D eigenvalue weighted by Gasteiger charge is 2.39. The smallest absolute Gasteiger partial charge is 0.203 e. The lowest BCUT2D eigenvalue weighted by Gasteiger charge is -2.35. The van der Waals surface area contributed by atoms with Crippen LogP contribution in [0.15, 0.2) is 36.4 Å². The molecule has 128 valence electrons. The molecule has 0 saturated heterocycles. The molecule has 0 aromatic heterocycles. The van der Waals surface area contributed by atoms with Crippen LogP contribution in [-0.2, 0) is 0 Å². The van der Waals surface area contributed by atoms with Crippen LogP contribution in [0.5, 0.6) is 23.0 Å². The van der Waals surface area contributed by atoms with Gasteiger partial charge in [0.1, 0.15) is 18.0 Å². The zero-order chi connectivity index (χ0) is 17.3. The largest absolute Gasteiger partial charge is 0.497 e. The number of ether oxygens (including phenoxy) is 4. The maximum atomic E-state index is 10.5. The third-order valence-electron chi connectivity index (χ3n) is 4.17. The number of rotatable bonds is 4. The zero-order valence-corrected chi connectivity index (χ0v) is 13.7. The van der Waals surface area contributed by atoms with Gasteiger partial charge in [0, 0.05) is 5.56 Å². The first-order chi connectivity index (χ1) is 11.6. The summed E-state index contributed by atoms with van der Waals surface area (Å²) in [5, 5.41) is 21.0. The van der Waals surface area contributed by atoms with Crippen molar-refractivity contribution < 1.29 is 29.2 Å². The van der Waals surface area contributed by atoms with Crippen molar-refractivity contribution >= 4 is 0 Å². The highest BCUT2D eigenvalue weighted by Crippen LogP contribution is 2.49. The quantitative estimate of drug-likeness (QED) is 0.894. The maximum absolute atomic E-state index is 10.5. The summed E-state index contributed by atoms with van der Waals surface area (Å²) in [5.74, 6) is 1.95. The Hall–Kier alpha value is -2.44. The molecule has 1 aliphatic rings. The molecule has 6 nitrogen and oxygen atoms in total. The first kappa shape index (κ1) is 16.4. The fourth-order valence-corrected chi connectivity index (χ4v) is 2.87. The van der Waals surface area contributed by atoms with E-state index in [9.17, 15) is 10.2 Å². The van der Waals surface area contributed by atoms with E-state index < -0.39 is 18.3 Å². The number of benzene rings is 2. The van der Waals surface area contributed by atoms with Crippen LogP contribution in [-0.4, -0.2) is 37.6 Å². The van der Waals surface area contributed by atoms with Gasteiger partial charge < -0.3 is 29.2 Å². The SMILES string of the molecule is COc1ccc([C@H]2Oc3c(ccc(OC)c3OC)[C@@H](O)[C@@H]2O)cc1. The number of methoxy groups -OCH3 is 3. The summed E-state index contributed by atoms with van der Waals surface area (Å²) in [6.07, 6.45) is -2.94. The summed E-state index contributed by atoms with van der Waals surface area (Å²) in [7, 11) is 4.61. The first-order valence-corrected chi connectivity index (χ1v) is 7.52. The summed E-state index contributed by atoms with van der Waals surface area (Å²) in [4.78, 5) is 0. The van der Waals surface area contributed by atoms with Crippen LogP contribution >= 0.6 is 0 Å². The molecule has 0 spiro atoms. The van der Waals surface area contributed by atoms with Gasteiger partial charge >= 0.3 is 0 Å². The molecule has 0 aliphatic carbocycles. The molecular formula is C18H20O6. The minimum absolute atomic E-state index is 0.371. The lowest BCUT2D eigenvalue weighted by atomic mass is 9.92. The van der Waals surface area contributed by atoms with E-state index in [0.29, 0.717) is 28.6 Å². The normalized spacial score (nSPS) is 22.3. The van der Waals surface area contributed by atoms with E-state index in [1.165, 1.54) is 14.2 Å². The third-order valence-corrected chi connectivity index (χ3v) is 4.17. The van der Waals surface area contributed by atoms with Crippen molar-refractivity contribution in [3.63, 3.8) is 0 Å². The molecule has 2 aromatic carbocycles. The molecule has 6 heteroatoms. The van der Waals surface area contributed by atoms with Crippen molar-refractivity contribution in [2.45, 2.75) is 18.3 Å². The minimum Gasteiger partial charge on any atom is -0.497 e. The zero-order valence-electron chi connectivity index (χ0n) is 13.7. The summed E-state index contributed by atoms with van der Waals surface area (Å²) in [6, 6.07) is 10.5. The average Bonchev–Trinajstić information content (AvgIpc) is 2.63. The van der Waals surface area contributed by atoms with E-state index in [1.54, 1.807) is 43.5 Å². The van der Waals surface area contributed by atoms with Crippen molar-refractivity contribution in [2.24, 2.45) is 0 Å². The van der Waals surface area contributed by atoms with Crippen LogP contribution in [0.2, 0.25) is 0 Å². The second kappa shape index (κ2) is 6.59.